The first kappa shape index (κ1) is 14.4. The van der Waals surface area contributed by atoms with Crippen LogP contribution in [0.15, 0.2) is 24.3 Å². The summed E-state index contributed by atoms with van der Waals surface area (Å²) in [7, 11) is 0. The fourth-order valence-electron chi connectivity index (χ4n) is 2.40. The van der Waals surface area contributed by atoms with Crippen LogP contribution in [0, 0.1) is 5.92 Å². The minimum atomic E-state index is 0.229. The van der Waals surface area contributed by atoms with Gasteiger partial charge in [-0.2, -0.15) is 0 Å². The molecule has 0 aromatic heterocycles. The van der Waals surface area contributed by atoms with Gasteiger partial charge in [0.1, 0.15) is 5.75 Å². The lowest BCUT2D eigenvalue weighted by molar-refractivity contribution is 0.105. The van der Waals surface area contributed by atoms with E-state index < -0.39 is 0 Å². The molecule has 0 saturated carbocycles. The zero-order chi connectivity index (χ0) is 13.7. The third-order valence-electron chi connectivity index (χ3n) is 3.56. The molecule has 2 unspecified atom stereocenters. The summed E-state index contributed by atoms with van der Waals surface area (Å²) in [5.74, 6) is 1.60. The maximum atomic E-state index is 5.63. The van der Waals surface area contributed by atoms with Crippen LogP contribution < -0.4 is 10.1 Å². The molecule has 3 heteroatoms. The van der Waals surface area contributed by atoms with E-state index >= 15 is 0 Å². The van der Waals surface area contributed by atoms with Gasteiger partial charge in [0.25, 0.3) is 0 Å². The molecule has 19 heavy (non-hydrogen) atoms. The van der Waals surface area contributed by atoms with E-state index in [4.69, 9.17) is 9.47 Å². The fourth-order valence-corrected chi connectivity index (χ4v) is 2.40. The zero-order valence-electron chi connectivity index (χ0n) is 12.2. The molecule has 1 fully saturated rings. The topological polar surface area (TPSA) is 30.5 Å². The lowest BCUT2D eigenvalue weighted by Gasteiger charge is -2.15. The van der Waals surface area contributed by atoms with Crippen molar-refractivity contribution in [3.8, 4) is 5.75 Å². The van der Waals surface area contributed by atoms with E-state index in [-0.39, 0.29) is 6.10 Å². The highest BCUT2D eigenvalue weighted by molar-refractivity contribution is 5.27. The molecule has 0 aliphatic carbocycles. The SMILES string of the molecule is CC(C)Oc1ccc(CNCC2CCOC2C)cc1. The Morgan fingerprint density at radius 3 is 2.63 bits per heavy atom. The highest BCUT2D eigenvalue weighted by atomic mass is 16.5. The third kappa shape index (κ3) is 4.51. The summed E-state index contributed by atoms with van der Waals surface area (Å²) in [6.45, 7) is 9.10. The van der Waals surface area contributed by atoms with E-state index in [9.17, 15) is 0 Å². The van der Waals surface area contributed by atoms with Crippen molar-refractivity contribution in [2.24, 2.45) is 5.92 Å². The minimum Gasteiger partial charge on any atom is -0.491 e. The average molecular weight is 263 g/mol. The molecule has 1 aliphatic heterocycles. The van der Waals surface area contributed by atoms with E-state index in [2.05, 4.69) is 24.4 Å². The Labute approximate surface area is 116 Å². The Balaban J connectivity index is 1.73. The van der Waals surface area contributed by atoms with Gasteiger partial charge >= 0.3 is 0 Å². The molecule has 1 heterocycles. The maximum Gasteiger partial charge on any atom is 0.119 e. The second-order valence-corrected chi connectivity index (χ2v) is 5.57. The Morgan fingerprint density at radius 1 is 1.32 bits per heavy atom. The van der Waals surface area contributed by atoms with Crippen LogP contribution in [0.25, 0.3) is 0 Å². The van der Waals surface area contributed by atoms with Gasteiger partial charge in [0, 0.05) is 19.7 Å². The number of ether oxygens (including phenoxy) is 2. The van der Waals surface area contributed by atoms with Crippen LogP contribution in [0.1, 0.15) is 32.8 Å². The molecule has 1 saturated heterocycles. The Hall–Kier alpha value is -1.06. The number of hydrogen-bond acceptors (Lipinski definition) is 3. The summed E-state index contributed by atoms with van der Waals surface area (Å²) < 4.78 is 11.2. The predicted molar refractivity (Wildman–Crippen MR) is 77.4 cm³/mol. The van der Waals surface area contributed by atoms with Gasteiger partial charge in [0.05, 0.1) is 12.2 Å². The van der Waals surface area contributed by atoms with Crippen molar-refractivity contribution in [2.75, 3.05) is 13.2 Å². The highest BCUT2D eigenvalue weighted by Gasteiger charge is 2.23. The van der Waals surface area contributed by atoms with Gasteiger partial charge < -0.3 is 14.8 Å². The average Bonchev–Trinajstić information content (AvgIpc) is 2.77. The van der Waals surface area contributed by atoms with Crippen molar-refractivity contribution in [2.45, 2.75) is 45.9 Å². The van der Waals surface area contributed by atoms with Crippen molar-refractivity contribution in [1.29, 1.82) is 0 Å². The van der Waals surface area contributed by atoms with Crippen LogP contribution in [0.5, 0.6) is 5.75 Å². The fraction of sp³-hybridized carbons (Fsp3) is 0.625. The standard InChI is InChI=1S/C16H25NO2/c1-12(2)19-16-6-4-14(5-7-16)10-17-11-15-8-9-18-13(15)3/h4-7,12-13,15,17H,8-11H2,1-3H3. The molecule has 0 radical (unpaired) electrons. The minimum absolute atomic E-state index is 0.229. The monoisotopic (exact) mass is 263 g/mol. The smallest absolute Gasteiger partial charge is 0.119 e. The molecule has 1 aromatic rings. The van der Waals surface area contributed by atoms with Crippen LogP contribution in [0.4, 0.5) is 0 Å². The van der Waals surface area contributed by atoms with Gasteiger partial charge in [0.2, 0.25) is 0 Å². The second-order valence-electron chi connectivity index (χ2n) is 5.57. The molecule has 0 amide bonds. The van der Waals surface area contributed by atoms with Gasteiger partial charge in [0.15, 0.2) is 0 Å². The molecule has 106 valence electrons. The number of benzene rings is 1. The van der Waals surface area contributed by atoms with Gasteiger partial charge in [-0.3, -0.25) is 0 Å². The zero-order valence-corrected chi connectivity index (χ0v) is 12.2. The van der Waals surface area contributed by atoms with Crippen molar-refractivity contribution in [3.63, 3.8) is 0 Å². The largest absolute Gasteiger partial charge is 0.491 e. The number of nitrogens with one attached hydrogen (secondary N) is 1. The first-order valence-corrected chi connectivity index (χ1v) is 7.23. The Kier molecular flexibility index (Phi) is 5.23. The quantitative estimate of drug-likeness (QED) is 0.856. The number of hydrogen-bond donors (Lipinski definition) is 1. The van der Waals surface area contributed by atoms with Crippen LogP contribution >= 0.6 is 0 Å². The summed E-state index contributed by atoms with van der Waals surface area (Å²) in [5, 5.41) is 3.51. The normalized spacial score (nSPS) is 22.9. The van der Waals surface area contributed by atoms with Gasteiger partial charge in [-0.05, 0) is 50.8 Å². The van der Waals surface area contributed by atoms with Crippen LogP contribution in [0.3, 0.4) is 0 Å². The molecule has 0 spiro atoms. The van der Waals surface area contributed by atoms with Crippen molar-refractivity contribution in [1.82, 2.24) is 5.32 Å². The number of rotatable bonds is 6. The summed E-state index contributed by atoms with van der Waals surface area (Å²) in [6.07, 6.45) is 1.80. The maximum absolute atomic E-state index is 5.63. The van der Waals surface area contributed by atoms with Crippen LogP contribution in [-0.2, 0) is 11.3 Å². The lowest BCUT2D eigenvalue weighted by atomic mass is 10.0. The molecule has 0 bridgehead atoms. The predicted octanol–water partition coefficient (Wildman–Crippen LogP) is 2.99. The molecule has 1 aliphatic rings. The van der Waals surface area contributed by atoms with Gasteiger partial charge in [-0.1, -0.05) is 12.1 Å². The van der Waals surface area contributed by atoms with Crippen molar-refractivity contribution in [3.05, 3.63) is 29.8 Å². The van der Waals surface area contributed by atoms with E-state index in [1.54, 1.807) is 0 Å². The molecule has 2 atom stereocenters. The van der Waals surface area contributed by atoms with Crippen LogP contribution in [0.2, 0.25) is 0 Å². The van der Waals surface area contributed by atoms with Gasteiger partial charge in [-0.25, -0.2) is 0 Å². The van der Waals surface area contributed by atoms with E-state index in [1.165, 1.54) is 12.0 Å². The molecular weight excluding hydrogens is 238 g/mol. The van der Waals surface area contributed by atoms with E-state index in [0.717, 1.165) is 25.4 Å². The second kappa shape index (κ2) is 6.92. The lowest BCUT2D eigenvalue weighted by Crippen LogP contribution is -2.26. The first-order valence-electron chi connectivity index (χ1n) is 7.23. The van der Waals surface area contributed by atoms with Crippen LogP contribution in [-0.4, -0.2) is 25.4 Å². The molecule has 1 N–H and O–H groups in total. The van der Waals surface area contributed by atoms with E-state index in [0.29, 0.717) is 12.0 Å². The Morgan fingerprint density at radius 2 is 2.05 bits per heavy atom. The summed E-state index contributed by atoms with van der Waals surface area (Å²) in [6, 6.07) is 8.33. The molecular formula is C16H25NO2. The summed E-state index contributed by atoms with van der Waals surface area (Å²) >= 11 is 0. The summed E-state index contributed by atoms with van der Waals surface area (Å²) in [4.78, 5) is 0. The molecule has 2 rings (SSSR count). The highest BCUT2D eigenvalue weighted by Crippen LogP contribution is 2.19. The van der Waals surface area contributed by atoms with Gasteiger partial charge in [-0.15, -0.1) is 0 Å². The third-order valence-corrected chi connectivity index (χ3v) is 3.56. The summed E-state index contributed by atoms with van der Waals surface area (Å²) in [5.41, 5.74) is 1.29. The van der Waals surface area contributed by atoms with E-state index in [1.807, 2.05) is 26.0 Å². The first-order chi connectivity index (χ1) is 9.15. The molecule has 3 nitrogen and oxygen atoms in total. The Bertz CT molecular complexity index is 375. The molecule has 1 aromatic carbocycles. The van der Waals surface area contributed by atoms with Crippen molar-refractivity contribution >= 4 is 0 Å². The van der Waals surface area contributed by atoms with Crippen molar-refractivity contribution < 1.29 is 9.47 Å².